The number of rotatable bonds is 60. The van der Waals surface area contributed by atoms with E-state index in [2.05, 4.69) is 36.1 Å². The van der Waals surface area contributed by atoms with Crippen LogP contribution < -0.4 is 0 Å². The van der Waals surface area contributed by atoms with Crippen molar-refractivity contribution < 1.29 is 34.3 Å². The molecule has 0 rings (SSSR count). The summed E-state index contributed by atoms with van der Waals surface area (Å²) in [5.41, 5.74) is 0. The van der Waals surface area contributed by atoms with E-state index in [0.29, 0.717) is 0 Å². The van der Waals surface area contributed by atoms with E-state index in [9.17, 15) is 25.9 Å². The average Bonchev–Trinajstić information content (AvgIpc) is 3.35. The molecule has 0 aliphatic rings. The Morgan fingerprint density at radius 3 is 0.493 bits per heavy atom. The van der Waals surface area contributed by atoms with Crippen LogP contribution in [0, 0.1) is 11.8 Å². The minimum absolute atomic E-state index is 0. The first-order valence-corrected chi connectivity index (χ1v) is 34.9. The topological polar surface area (TPSA) is 133 Å². The van der Waals surface area contributed by atoms with Gasteiger partial charge in [-0.05, 0) is 37.5 Å². The molecule has 0 aromatic rings. The Hall–Kier alpha value is 1.000. The third kappa shape index (κ3) is 73.0. The maximum Gasteiger partial charge on any atom is 2.00 e. The van der Waals surface area contributed by atoms with Gasteiger partial charge in [-0.25, -0.2) is 16.8 Å². The Kier molecular flexibility index (Phi) is 68.4. The Bertz CT molecular complexity index is 1140. The van der Waals surface area contributed by atoms with Crippen LogP contribution in [0.1, 0.15) is 374 Å². The largest absolute Gasteiger partial charge is 2.00 e. The minimum Gasteiger partial charge on any atom is -0.726 e. The third-order valence-corrected chi connectivity index (χ3v) is 16.1. The van der Waals surface area contributed by atoms with E-state index in [-0.39, 0.29) is 62.8 Å². The summed E-state index contributed by atoms with van der Waals surface area (Å²) >= 11 is 0. The van der Waals surface area contributed by atoms with E-state index >= 15 is 0 Å². The van der Waals surface area contributed by atoms with Crippen molar-refractivity contribution in [1.82, 2.24) is 0 Å². The van der Waals surface area contributed by atoms with Crippen molar-refractivity contribution in [3.63, 3.8) is 0 Å². The molecule has 0 N–H and O–H groups in total. The van der Waals surface area contributed by atoms with Gasteiger partial charge in [0.1, 0.15) is 0 Å². The molecule has 0 aliphatic heterocycles. The molecule has 0 saturated carbocycles. The maximum absolute atomic E-state index is 10.9. The normalized spacial score (nSPS) is 12.7. The molecule has 436 valence electrons. The van der Waals surface area contributed by atoms with Gasteiger partial charge in [-0.15, -0.1) is 0 Å². The van der Waals surface area contributed by atoms with Crippen molar-refractivity contribution in [3.8, 4) is 0 Å². The van der Waals surface area contributed by atoms with Crippen LogP contribution in [-0.4, -0.2) is 76.9 Å². The molecule has 0 aromatic carbocycles. The van der Waals surface area contributed by atoms with Gasteiger partial charge in [-0.1, -0.05) is 349 Å². The summed E-state index contributed by atoms with van der Waals surface area (Å²) in [5.74, 6) is 0.397. The van der Waals surface area contributed by atoms with Gasteiger partial charge in [0, 0.05) is 0 Å². The van der Waals surface area contributed by atoms with Crippen molar-refractivity contribution in [1.29, 1.82) is 0 Å². The summed E-state index contributed by atoms with van der Waals surface area (Å²) in [7, 11) is -9.16. The Balaban J connectivity index is -0.00000132. The fourth-order valence-electron chi connectivity index (χ4n) is 10.4. The van der Waals surface area contributed by atoms with Crippen LogP contribution in [0.5, 0.6) is 0 Å². The SMILES string of the molecule is CCCCCCCCCCCCCCCC(CCCCCCCCCCCCCC)COS(=O)(=O)[O-].CCCCCCCCCCCCCCCC(CCCCCCCCCCCCCC)COS(=O)(=O)[O-].[Ca+2]. The van der Waals surface area contributed by atoms with Crippen LogP contribution in [-0.2, 0) is 29.2 Å². The van der Waals surface area contributed by atoms with Crippen LogP contribution in [0.3, 0.4) is 0 Å². The van der Waals surface area contributed by atoms with E-state index in [1.54, 1.807) is 0 Å². The van der Waals surface area contributed by atoms with Crippen molar-refractivity contribution in [2.75, 3.05) is 13.2 Å². The standard InChI is InChI=1S/2C31H64O4S.Ca/c2*1-3-5-7-9-11-13-15-17-19-21-23-25-27-29-31(30-35-36(32,33)34)28-26-24-22-20-18-16-14-12-10-8-6-4-2;/h2*31H,3-30H2,1-2H3,(H,32,33,34);/q;;+2/p-2. The van der Waals surface area contributed by atoms with E-state index < -0.39 is 20.8 Å². The zero-order valence-corrected chi connectivity index (χ0v) is 53.4. The van der Waals surface area contributed by atoms with Crippen molar-refractivity contribution >= 4 is 58.5 Å². The van der Waals surface area contributed by atoms with Crippen LogP contribution >= 0.6 is 0 Å². The summed E-state index contributed by atoms with van der Waals surface area (Å²) in [6.07, 6.45) is 70.3. The summed E-state index contributed by atoms with van der Waals surface area (Å²) in [5, 5.41) is 0. The van der Waals surface area contributed by atoms with Crippen LogP contribution in [0.2, 0.25) is 0 Å². The average molecular weight is 1100 g/mol. The molecule has 73 heavy (non-hydrogen) atoms. The number of hydrogen-bond donors (Lipinski definition) is 0. The molecule has 0 bridgehead atoms. The van der Waals surface area contributed by atoms with Crippen molar-refractivity contribution in [2.24, 2.45) is 11.8 Å². The quantitative estimate of drug-likeness (QED) is 0.0254. The van der Waals surface area contributed by atoms with Gasteiger partial charge in [0.2, 0.25) is 20.8 Å². The second-order valence-electron chi connectivity index (χ2n) is 22.5. The molecule has 8 nitrogen and oxygen atoms in total. The molecular weight excluding hydrogens is 977 g/mol. The van der Waals surface area contributed by atoms with Crippen LogP contribution in [0.4, 0.5) is 0 Å². The smallest absolute Gasteiger partial charge is 0.726 e. The predicted octanol–water partition coefficient (Wildman–Crippen LogP) is 20.9. The van der Waals surface area contributed by atoms with Crippen LogP contribution in [0.15, 0.2) is 0 Å². The van der Waals surface area contributed by atoms with Gasteiger partial charge in [0.05, 0.1) is 13.2 Å². The molecule has 11 heteroatoms. The second kappa shape index (κ2) is 63.8. The zero-order valence-electron chi connectivity index (χ0n) is 49.5. The minimum atomic E-state index is -4.58. The molecule has 0 saturated heterocycles. The monoisotopic (exact) mass is 1100 g/mol. The molecular formula is C62H126CaO8S2. The molecule has 0 fully saturated rings. The first-order chi connectivity index (χ1) is 35.0. The number of unbranched alkanes of at least 4 members (excludes halogenated alkanes) is 46. The van der Waals surface area contributed by atoms with Gasteiger partial charge < -0.3 is 9.11 Å². The zero-order chi connectivity index (χ0) is 53.2. The molecule has 0 aliphatic carbocycles. The van der Waals surface area contributed by atoms with E-state index in [0.717, 1.165) is 51.4 Å². The number of hydrogen-bond acceptors (Lipinski definition) is 8. The maximum atomic E-state index is 10.9. The van der Waals surface area contributed by atoms with E-state index in [1.807, 2.05) is 0 Å². The van der Waals surface area contributed by atoms with Crippen LogP contribution in [0.25, 0.3) is 0 Å². The molecule has 0 spiro atoms. The first-order valence-electron chi connectivity index (χ1n) is 32.2. The second-order valence-corrected chi connectivity index (χ2v) is 24.6. The Morgan fingerprint density at radius 1 is 0.247 bits per heavy atom. The van der Waals surface area contributed by atoms with Gasteiger partial charge in [0.25, 0.3) is 0 Å². The Labute approximate surface area is 488 Å². The third-order valence-electron chi connectivity index (χ3n) is 15.3. The van der Waals surface area contributed by atoms with Gasteiger partial charge >= 0.3 is 37.7 Å². The van der Waals surface area contributed by atoms with Crippen molar-refractivity contribution in [3.05, 3.63) is 0 Å². The summed E-state index contributed by atoms with van der Waals surface area (Å²) < 4.78 is 74.8. The van der Waals surface area contributed by atoms with Gasteiger partial charge in [-0.3, -0.25) is 8.37 Å². The summed E-state index contributed by atoms with van der Waals surface area (Å²) in [6, 6.07) is 0. The van der Waals surface area contributed by atoms with E-state index in [4.69, 9.17) is 0 Å². The fourth-order valence-corrected chi connectivity index (χ4v) is 11.1. The molecule has 0 aromatic heterocycles. The van der Waals surface area contributed by atoms with Crippen molar-refractivity contribution in [2.45, 2.75) is 374 Å². The fraction of sp³-hybridized carbons (Fsp3) is 1.00. The molecule has 0 amide bonds. The molecule has 0 radical (unpaired) electrons. The predicted molar refractivity (Wildman–Crippen MR) is 316 cm³/mol. The first kappa shape index (κ1) is 78.2. The molecule has 2 atom stereocenters. The van der Waals surface area contributed by atoms with E-state index in [1.165, 1.54) is 295 Å². The molecule has 0 heterocycles. The van der Waals surface area contributed by atoms with Gasteiger partial charge in [-0.2, -0.15) is 0 Å². The summed E-state index contributed by atoms with van der Waals surface area (Å²) in [4.78, 5) is 0. The Morgan fingerprint density at radius 2 is 0.370 bits per heavy atom. The molecule has 2 unspecified atom stereocenters. The summed E-state index contributed by atoms with van der Waals surface area (Å²) in [6.45, 7) is 9.21. The van der Waals surface area contributed by atoms with Gasteiger partial charge in [0.15, 0.2) is 0 Å².